The third-order valence-electron chi connectivity index (χ3n) is 6.64. The van der Waals surface area contributed by atoms with Crippen LogP contribution in [0.15, 0.2) is 79.0 Å². The molecule has 2 nitrogen and oxygen atoms in total. The summed E-state index contributed by atoms with van der Waals surface area (Å²) in [7, 11) is 2.16. The van der Waals surface area contributed by atoms with Gasteiger partial charge in [-0.2, -0.15) is 0 Å². The van der Waals surface area contributed by atoms with Gasteiger partial charge in [0.05, 0.1) is 28.0 Å². The number of rotatable bonds is 0. The molecule has 136 valence electrons. The largest absolute Gasteiger partial charge is 0.307 e. The van der Waals surface area contributed by atoms with Gasteiger partial charge >= 0.3 is 0 Å². The standard InChI is InChI=1S/C27H19N2/c1-16-6-3-10-21-23(16)27-25-18(14-15-28(27)2)12-13-20-19-9-4-7-17-8-5-11-22(24(17)19)29(21)26(20)25/h3-15H,1-2H3/q+1. The fraction of sp³-hybridized carbons (Fsp3) is 0.0741. The lowest BCUT2D eigenvalue weighted by atomic mass is 9.84. The highest BCUT2D eigenvalue weighted by Crippen LogP contribution is 2.58. The molecule has 0 bridgehead atoms. The van der Waals surface area contributed by atoms with E-state index in [0.717, 1.165) is 0 Å². The fourth-order valence-corrected chi connectivity index (χ4v) is 5.44. The van der Waals surface area contributed by atoms with Gasteiger partial charge in [-0.15, -0.1) is 0 Å². The molecule has 0 unspecified atom stereocenters. The first-order valence-corrected chi connectivity index (χ1v) is 10.1. The van der Waals surface area contributed by atoms with Crippen molar-refractivity contribution in [2.75, 3.05) is 4.90 Å². The van der Waals surface area contributed by atoms with Gasteiger partial charge in [0.15, 0.2) is 6.20 Å². The first kappa shape index (κ1) is 15.3. The Hall–Kier alpha value is -3.65. The summed E-state index contributed by atoms with van der Waals surface area (Å²) in [4.78, 5) is 2.50. The van der Waals surface area contributed by atoms with Crippen molar-refractivity contribution in [3.8, 4) is 22.4 Å². The smallest absolute Gasteiger partial charge is 0.224 e. The Morgan fingerprint density at radius 3 is 2.34 bits per heavy atom. The third-order valence-corrected chi connectivity index (χ3v) is 6.64. The molecule has 1 aromatic heterocycles. The van der Waals surface area contributed by atoms with E-state index in [1.165, 1.54) is 66.6 Å². The van der Waals surface area contributed by atoms with Crippen molar-refractivity contribution in [1.29, 1.82) is 0 Å². The van der Waals surface area contributed by atoms with E-state index in [2.05, 4.69) is 102 Å². The molecule has 5 aromatic rings. The SMILES string of the molecule is Cc1cccc2c1-c1c3c4c(ccc3cc[n+]1C)-c1cccc3cccc(c13)N24. The number of fused-ring (bicyclic) bond motifs is 5. The van der Waals surface area contributed by atoms with Crippen molar-refractivity contribution in [2.45, 2.75) is 6.92 Å². The van der Waals surface area contributed by atoms with Crippen LogP contribution >= 0.6 is 0 Å². The van der Waals surface area contributed by atoms with Crippen molar-refractivity contribution in [3.05, 3.63) is 84.6 Å². The van der Waals surface area contributed by atoms with Crippen LogP contribution in [0.3, 0.4) is 0 Å². The molecule has 2 aliphatic heterocycles. The number of aryl methyl sites for hydroxylation is 2. The maximum Gasteiger partial charge on any atom is 0.224 e. The zero-order chi connectivity index (χ0) is 19.3. The van der Waals surface area contributed by atoms with Crippen molar-refractivity contribution in [1.82, 2.24) is 0 Å². The normalized spacial score (nSPS) is 13.1. The lowest BCUT2D eigenvalue weighted by molar-refractivity contribution is -0.659. The highest BCUT2D eigenvalue weighted by atomic mass is 15.2. The number of aromatic nitrogens is 1. The van der Waals surface area contributed by atoms with Gasteiger partial charge in [0, 0.05) is 17.0 Å². The number of anilines is 3. The lowest BCUT2D eigenvalue weighted by Crippen LogP contribution is -2.33. The summed E-state index contributed by atoms with van der Waals surface area (Å²) in [6.45, 7) is 2.23. The Labute approximate surface area is 169 Å². The molecule has 2 heteroatoms. The molecule has 0 N–H and O–H groups in total. The summed E-state index contributed by atoms with van der Waals surface area (Å²) in [6.07, 6.45) is 2.19. The average Bonchev–Trinajstić information content (AvgIpc) is 2.75. The molecule has 0 spiro atoms. The van der Waals surface area contributed by atoms with Crippen LogP contribution in [-0.4, -0.2) is 0 Å². The van der Waals surface area contributed by atoms with Crippen LogP contribution in [0.4, 0.5) is 17.1 Å². The van der Waals surface area contributed by atoms with Crippen molar-refractivity contribution < 1.29 is 4.57 Å². The van der Waals surface area contributed by atoms with Crippen molar-refractivity contribution in [2.24, 2.45) is 7.05 Å². The Kier molecular flexibility index (Phi) is 2.66. The lowest BCUT2D eigenvalue weighted by Gasteiger charge is -2.38. The number of hydrogen-bond acceptors (Lipinski definition) is 1. The maximum absolute atomic E-state index is 2.50. The van der Waals surface area contributed by atoms with Gasteiger partial charge in [-0.25, -0.2) is 4.57 Å². The minimum atomic E-state index is 1.27. The first-order chi connectivity index (χ1) is 14.2. The number of pyridine rings is 1. The summed E-state index contributed by atoms with van der Waals surface area (Å²) in [6, 6.07) is 26.9. The van der Waals surface area contributed by atoms with Gasteiger partial charge in [-0.3, -0.25) is 0 Å². The molecular formula is C27H19N2+. The Morgan fingerprint density at radius 1 is 0.690 bits per heavy atom. The van der Waals surface area contributed by atoms with Gasteiger partial charge < -0.3 is 4.90 Å². The van der Waals surface area contributed by atoms with E-state index >= 15 is 0 Å². The quantitative estimate of drug-likeness (QED) is 0.274. The molecule has 2 aliphatic rings. The maximum atomic E-state index is 2.50. The second-order valence-corrected chi connectivity index (χ2v) is 8.19. The number of hydrogen-bond donors (Lipinski definition) is 0. The molecule has 0 aliphatic carbocycles. The molecule has 7 rings (SSSR count). The highest BCUT2D eigenvalue weighted by molar-refractivity contribution is 6.23. The molecule has 0 saturated heterocycles. The van der Waals surface area contributed by atoms with E-state index in [-0.39, 0.29) is 0 Å². The first-order valence-electron chi connectivity index (χ1n) is 10.1. The molecule has 4 aromatic carbocycles. The zero-order valence-corrected chi connectivity index (χ0v) is 16.4. The number of nitrogens with zero attached hydrogens (tertiary/aromatic N) is 2. The summed E-state index contributed by atoms with van der Waals surface area (Å²) in [5.74, 6) is 0. The molecule has 3 heterocycles. The number of benzene rings is 4. The molecular weight excluding hydrogens is 352 g/mol. The average molecular weight is 371 g/mol. The summed E-state index contributed by atoms with van der Waals surface area (Å²) < 4.78 is 2.28. The minimum Gasteiger partial charge on any atom is -0.307 e. The van der Waals surface area contributed by atoms with Crippen molar-refractivity contribution >= 4 is 38.6 Å². The van der Waals surface area contributed by atoms with Gasteiger partial charge in [-0.1, -0.05) is 54.6 Å². The molecule has 29 heavy (non-hydrogen) atoms. The summed E-state index contributed by atoms with van der Waals surface area (Å²) in [5.41, 5.74) is 10.5. The van der Waals surface area contributed by atoms with E-state index in [1.54, 1.807) is 0 Å². The summed E-state index contributed by atoms with van der Waals surface area (Å²) >= 11 is 0. The Bertz CT molecular complexity index is 1520. The second-order valence-electron chi connectivity index (χ2n) is 8.19. The predicted octanol–water partition coefficient (Wildman–Crippen LogP) is 6.56. The van der Waals surface area contributed by atoms with E-state index in [4.69, 9.17) is 0 Å². The van der Waals surface area contributed by atoms with Crippen LogP contribution in [0.5, 0.6) is 0 Å². The second kappa shape index (κ2) is 5.03. The van der Waals surface area contributed by atoms with Crippen molar-refractivity contribution in [3.63, 3.8) is 0 Å². The van der Waals surface area contributed by atoms with E-state index < -0.39 is 0 Å². The third kappa shape index (κ3) is 1.71. The van der Waals surface area contributed by atoms with Crippen LogP contribution in [0.1, 0.15) is 5.56 Å². The Morgan fingerprint density at radius 2 is 1.45 bits per heavy atom. The van der Waals surface area contributed by atoms with Crippen LogP contribution in [0.2, 0.25) is 0 Å². The summed E-state index contributed by atoms with van der Waals surface area (Å²) in [5, 5.41) is 5.28. The Balaban J connectivity index is 1.82. The van der Waals surface area contributed by atoms with E-state index in [9.17, 15) is 0 Å². The van der Waals surface area contributed by atoms with E-state index in [0.29, 0.717) is 0 Å². The highest BCUT2D eigenvalue weighted by Gasteiger charge is 2.37. The monoisotopic (exact) mass is 371 g/mol. The molecule has 0 saturated carbocycles. The molecule has 0 atom stereocenters. The van der Waals surface area contributed by atoms with Crippen LogP contribution in [-0.2, 0) is 7.05 Å². The van der Waals surface area contributed by atoms with Gasteiger partial charge in [-0.05, 0) is 41.0 Å². The van der Waals surface area contributed by atoms with Crippen LogP contribution in [0.25, 0.3) is 43.9 Å². The predicted molar refractivity (Wildman–Crippen MR) is 120 cm³/mol. The molecule has 0 amide bonds. The van der Waals surface area contributed by atoms with E-state index in [1.807, 2.05) is 0 Å². The van der Waals surface area contributed by atoms with Crippen LogP contribution < -0.4 is 9.47 Å². The van der Waals surface area contributed by atoms with Crippen LogP contribution in [0, 0.1) is 6.92 Å². The topological polar surface area (TPSA) is 7.12 Å². The fourth-order valence-electron chi connectivity index (χ4n) is 5.44. The van der Waals surface area contributed by atoms with Gasteiger partial charge in [0.25, 0.3) is 0 Å². The zero-order valence-electron chi connectivity index (χ0n) is 16.4. The minimum absolute atomic E-state index is 1.27. The van der Waals surface area contributed by atoms with Gasteiger partial charge in [0.1, 0.15) is 7.05 Å². The molecule has 0 fully saturated rings. The van der Waals surface area contributed by atoms with Gasteiger partial charge in [0.2, 0.25) is 5.69 Å². The molecule has 0 radical (unpaired) electrons.